The first kappa shape index (κ1) is 10.4. The van der Waals surface area contributed by atoms with E-state index in [0.717, 1.165) is 17.9 Å². The zero-order valence-electron chi connectivity index (χ0n) is 8.81. The predicted octanol–water partition coefficient (Wildman–Crippen LogP) is 3.05. The molecule has 0 radical (unpaired) electrons. The van der Waals surface area contributed by atoms with E-state index in [1.165, 1.54) is 5.30 Å². The molecule has 2 rings (SSSR count). The number of allylic oxidation sites excluding steroid dienone is 3. The Hall–Kier alpha value is -1.07. The molecule has 2 atom stereocenters. The Kier molecular flexibility index (Phi) is 3.23. The molecule has 0 aromatic heterocycles. The minimum atomic E-state index is 0.575. The summed E-state index contributed by atoms with van der Waals surface area (Å²) in [4.78, 5) is 0. The molecule has 0 amide bonds. The van der Waals surface area contributed by atoms with Gasteiger partial charge in [-0.3, -0.25) is 0 Å². The molecule has 1 nitrogen and oxygen atoms in total. The molecule has 2 unspecified atom stereocenters. The molecule has 0 saturated heterocycles. The minimum absolute atomic E-state index is 0.575. The second-order valence-corrected chi connectivity index (χ2v) is 4.52. The summed E-state index contributed by atoms with van der Waals surface area (Å²) < 4.78 is 5.75. The lowest BCUT2D eigenvalue weighted by Crippen LogP contribution is -2.01. The van der Waals surface area contributed by atoms with Crippen LogP contribution in [-0.4, -0.2) is 0 Å². The molecule has 1 aliphatic rings. The van der Waals surface area contributed by atoms with Gasteiger partial charge in [0.2, 0.25) is 0 Å². The van der Waals surface area contributed by atoms with E-state index in [1.54, 1.807) is 0 Å². The fourth-order valence-corrected chi connectivity index (χ4v) is 1.74. The normalized spacial score (nSPS) is 19.9. The fraction of sp³-hybridized carbons (Fsp3) is 0.231. The zero-order valence-corrected chi connectivity index (χ0v) is 9.97. The number of hydrogen-bond acceptors (Lipinski definition) is 1. The number of hydrogen-bond donors (Lipinski definition) is 0. The van der Waals surface area contributed by atoms with Gasteiger partial charge in [-0.2, -0.15) is 0 Å². The average Bonchev–Trinajstić information content (AvgIpc) is 2.22. The summed E-state index contributed by atoms with van der Waals surface area (Å²) in [7, 11) is 2.66. The van der Waals surface area contributed by atoms with Crippen LogP contribution in [0.25, 0.3) is 0 Å². The molecule has 1 aromatic rings. The molecule has 15 heavy (non-hydrogen) atoms. The summed E-state index contributed by atoms with van der Waals surface area (Å²) in [5.41, 5.74) is 0. The Bertz CT molecular complexity index is 390. The summed E-state index contributed by atoms with van der Waals surface area (Å²) in [6, 6.07) is 8.01. The van der Waals surface area contributed by atoms with Crippen LogP contribution in [0.3, 0.4) is 0 Å². The molecule has 0 saturated carbocycles. The monoisotopic (exact) mass is 218 g/mol. The van der Waals surface area contributed by atoms with Crippen LogP contribution in [0, 0.1) is 5.92 Å². The van der Waals surface area contributed by atoms with Crippen molar-refractivity contribution in [3.63, 3.8) is 0 Å². The molecule has 0 aliphatic heterocycles. The van der Waals surface area contributed by atoms with Crippen LogP contribution in [0.1, 0.15) is 13.3 Å². The molecule has 0 bridgehead atoms. The predicted molar refractivity (Wildman–Crippen MR) is 67.4 cm³/mol. The van der Waals surface area contributed by atoms with E-state index >= 15 is 0 Å². The molecular weight excluding hydrogens is 203 g/mol. The van der Waals surface area contributed by atoms with Gasteiger partial charge in [-0.1, -0.05) is 25.1 Å². The first-order chi connectivity index (χ1) is 7.24. The van der Waals surface area contributed by atoms with Gasteiger partial charge >= 0.3 is 0 Å². The van der Waals surface area contributed by atoms with Crippen molar-refractivity contribution < 1.29 is 4.74 Å². The lowest BCUT2D eigenvalue weighted by molar-refractivity contribution is 0.432. The fourth-order valence-electron chi connectivity index (χ4n) is 1.54. The van der Waals surface area contributed by atoms with E-state index in [-0.39, 0.29) is 0 Å². The van der Waals surface area contributed by atoms with Crippen LogP contribution in [0.2, 0.25) is 0 Å². The third-order valence-corrected chi connectivity index (χ3v) is 2.74. The van der Waals surface area contributed by atoms with E-state index in [4.69, 9.17) is 4.74 Å². The van der Waals surface area contributed by atoms with E-state index in [2.05, 4.69) is 28.3 Å². The number of benzene rings is 1. The van der Waals surface area contributed by atoms with Crippen LogP contribution in [0.15, 0.2) is 48.3 Å². The van der Waals surface area contributed by atoms with Crippen molar-refractivity contribution in [2.24, 2.45) is 5.92 Å². The molecule has 78 valence electrons. The Labute approximate surface area is 93.0 Å². The van der Waals surface area contributed by atoms with Crippen LogP contribution >= 0.6 is 9.24 Å². The topological polar surface area (TPSA) is 9.23 Å². The summed E-state index contributed by atoms with van der Waals surface area (Å²) in [5.74, 6) is 2.42. The van der Waals surface area contributed by atoms with E-state index < -0.39 is 0 Å². The third-order valence-electron chi connectivity index (χ3n) is 2.35. The van der Waals surface area contributed by atoms with Gasteiger partial charge in [-0.15, -0.1) is 9.24 Å². The van der Waals surface area contributed by atoms with Crippen molar-refractivity contribution in [1.29, 1.82) is 0 Å². The van der Waals surface area contributed by atoms with E-state index in [1.807, 2.05) is 30.3 Å². The van der Waals surface area contributed by atoms with Crippen LogP contribution in [0.5, 0.6) is 5.75 Å². The lowest BCUT2D eigenvalue weighted by atomic mass is 10.0. The molecule has 0 fully saturated rings. The summed E-state index contributed by atoms with van der Waals surface area (Å²) >= 11 is 0. The van der Waals surface area contributed by atoms with Crippen molar-refractivity contribution >= 4 is 14.5 Å². The van der Waals surface area contributed by atoms with Crippen LogP contribution in [0.4, 0.5) is 0 Å². The summed E-state index contributed by atoms with van der Waals surface area (Å²) in [5, 5.41) is 1.17. The summed E-state index contributed by atoms with van der Waals surface area (Å²) in [6.45, 7) is 2.19. The smallest absolute Gasteiger partial charge is 0.127 e. The maximum atomic E-state index is 5.75. The molecular formula is C13H15OP. The Morgan fingerprint density at radius 3 is 2.67 bits per heavy atom. The van der Waals surface area contributed by atoms with Crippen molar-refractivity contribution in [1.82, 2.24) is 0 Å². The van der Waals surface area contributed by atoms with Gasteiger partial charge in [0.25, 0.3) is 0 Å². The highest BCUT2D eigenvalue weighted by Crippen LogP contribution is 2.20. The van der Waals surface area contributed by atoms with Gasteiger partial charge in [0.15, 0.2) is 0 Å². The number of rotatable bonds is 2. The summed E-state index contributed by atoms with van der Waals surface area (Å²) in [6.07, 6.45) is 7.46. The SMILES string of the molecule is CC1C=C(Oc2ccc(P)cc2)C=CC1. The van der Waals surface area contributed by atoms with Crippen molar-refractivity contribution in [2.45, 2.75) is 13.3 Å². The highest BCUT2D eigenvalue weighted by atomic mass is 31.0. The van der Waals surface area contributed by atoms with Crippen LogP contribution < -0.4 is 10.0 Å². The highest BCUT2D eigenvalue weighted by molar-refractivity contribution is 7.27. The van der Waals surface area contributed by atoms with Gasteiger partial charge in [-0.25, -0.2) is 0 Å². The van der Waals surface area contributed by atoms with Crippen molar-refractivity contribution in [3.8, 4) is 5.75 Å². The second kappa shape index (κ2) is 4.63. The Balaban J connectivity index is 2.09. The van der Waals surface area contributed by atoms with Gasteiger partial charge in [0.05, 0.1) is 0 Å². The van der Waals surface area contributed by atoms with Gasteiger partial charge in [-0.05, 0) is 41.9 Å². The minimum Gasteiger partial charge on any atom is -0.458 e. The molecule has 1 aromatic carbocycles. The first-order valence-corrected chi connectivity index (χ1v) is 5.73. The standard InChI is InChI=1S/C13H15OP/c1-10-3-2-4-12(9-10)14-11-5-7-13(15)8-6-11/h2,4-10H,3,15H2,1H3. The van der Waals surface area contributed by atoms with Crippen molar-refractivity contribution in [2.75, 3.05) is 0 Å². The van der Waals surface area contributed by atoms with Gasteiger partial charge in [0.1, 0.15) is 11.5 Å². The molecule has 2 heteroatoms. The lowest BCUT2D eigenvalue weighted by Gasteiger charge is -2.13. The van der Waals surface area contributed by atoms with Gasteiger partial charge in [0, 0.05) is 0 Å². The van der Waals surface area contributed by atoms with Crippen molar-refractivity contribution in [3.05, 3.63) is 48.3 Å². The molecule has 0 spiro atoms. The maximum Gasteiger partial charge on any atom is 0.127 e. The second-order valence-electron chi connectivity index (χ2n) is 3.86. The van der Waals surface area contributed by atoms with Gasteiger partial charge < -0.3 is 4.74 Å². The van der Waals surface area contributed by atoms with E-state index in [0.29, 0.717) is 5.92 Å². The Morgan fingerprint density at radius 1 is 1.27 bits per heavy atom. The molecule has 0 N–H and O–H groups in total. The van der Waals surface area contributed by atoms with E-state index in [9.17, 15) is 0 Å². The zero-order chi connectivity index (χ0) is 10.7. The highest BCUT2D eigenvalue weighted by Gasteiger charge is 2.05. The number of ether oxygens (including phenoxy) is 1. The third kappa shape index (κ3) is 2.94. The first-order valence-electron chi connectivity index (χ1n) is 5.16. The quantitative estimate of drug-likeness (QED) is 0.693. The maximum absolute atomic E-state index is 5.75. The van der Waals surface area contributed by atoms with Crippen LogP contribution in [-0.2, 0) is 0 Å². The Morgan fingerprint density at radius 2 is 2.00 bits per heavy atom. The largest absolute Gasteiger partial charge is 0.458 e. The molecule has 1 aliphatic carbocycles. The average molecular weight is 218 g/mol. The molecule has 0 heterocycles.